The monoisotopic (exact) mass is 281 g/mol. The Morgan fingerprint density at radius 2 is 2.05 bits per heavy atom. The van der Waals surface area contributed by atoms with E-state index in [9.17, 15) is 4.39 Å². The van der Waals surface area contributed by atoms with Crippen LogP contribution in [0, 0.1) is 5.82 Å². The van der Waals surface area contributed by atoms with Crippen LogP contribution in [0.25, 0.3) is 0 Å². The second kappa shape index (κ2) is 4.74. The van der Waals surface area contributed by atoms with Gasteiger partial charge in [0.05, 0.1) is 0 Å². The number of halogens is 1. The van der Waals surface area contributed by atoms with Gasteiger partial charge in [0.25, 0.3) is 0 Å². The zero-order chi connectivity index (χ0) is 14.3. The molecule has 0 aliphatic carbocycles. The lowest BCUT2D eigenvalue weighted by molar-refractivity contribution is 0.307. The number of hydrogen-bond acceptors (Lipinski definition) is 3. The van der Waals surface area contributed by atoms with E-state index in [1.165, 1.54) is 17.7 Å². The van der Waals surface area contributed by atoms with Crippen molar-refractivity contribution in [3.8, 4) is 0 Å². The smallest absolute Gasteiger partial charge is 0.123 e. The Bertz CT molecular complexity index is 695. The Morgan fingerprint density at radius 1 is 1.19 bits per heavy atom. The SMILES string of the molecule is Fc1ccc(CN2CCC3(C2)N=Cc2cnccc23)cc1. The largest absolute Gasteiger partial charge is 0.296 e. The van der Waals surface area contributed by atoms with E-state index in [0.29, 0.717) is 0 Å². The third kappa shape index (κ3) is 2.16. The summed E-state index contributed by atoms with van der Waals surface area (Å²) >= 11 is 0. The Labute approximate surface area is 123 Å². The number of aromatic nitrogens is 1. The normalized spacial score (nSPS) is 23.9. The zero-order valence-electron chi connectivity index (χ0n) is 11.7. The van der Waals surface area contributed by atoms with Gasteiger partial charge in [0.15, 0.2) is 0 Å². The maximum absolute atomic E-state index is 13.0. The summed E-state index contributed by atoms with van der Waals surface area (Å²) in [6.45, 7) is 2.77. The van der Waals surface area contributed by atoms with Crippen LogP contribution in [0.5, 0.6) is 0 Å². The quantitative estimate of drug-likeness (QED) is 0.847. The van der Waals surface area contributed by atoms with Gasteiger partial charge in [-0.3, -0.25) is 14.9 Å². The number of rotatable bonds is 2. The number of fused-ring (bicyclic) bond motifs is 2. The van der Waals surface area contributed by atoms with Crippen LogP contribution < -0.4 is 0 Å². The maximum Gasteiger partial charge on any atom is 0.123 e. The lowest BCUT2D eigenvalue weighted by Crippen LogP contribution is -2.27. The van der Waals surface area contributed by atoms with Gasteiger partial charge in [-0.1, -0.05) is 12.1 Å². The van der Waals surface area contributed by atoms with E-state index < -0.39 is 0 Å². The number of likely N-dealkylation sites (tertiary alicyclic amines) is 1. The highest BCUT2D eigenvalue weighted by molar-refractivity contribution is 5.85. The van der Waals surface area contributed by atoms with Crippen LogP contribution in [0.15, 0.2) is 47.7 Å². The van der Waals surface area contributed by atoms with Crippen LogP contribution in [-0.4, -0.2) is 29.2 Å². The van der Waals surface area contributed by atoms with Crippen LogP contribution in [0.3, 0.4) is 0 Å². The van der Waals surface area contributed by atoms with Crippen molar-refractivity contribution in [3.63, 3.8) is 0 Å². The van der Waals surface area contributed by atoms with Crippen molar-refractivity contribution in [1.29, 1.82) is 0 Å². The number of hydrogen-bond donors (Lipinski definition) is 0. The molecule has 1 fully saturated rings. The first-order chi connectivity index (χ1) is 10.3. The molecule has 3 nitrogen and oxygen atoms in total. The average molecular weight is 281 g/mol. The van der Waals surface area contributed by atoms with E-state index in [2.05, 4.69) is 16.0 Å². The molecule has 2 aromatic rings. The van der Waals surface area contributed by atoms with Gasteiger partial charge in [-0.2, -0.15) is 0 Å². The van der Waals surface area contributed by atoms with Crippen molar-refractivity contribution in [2.24, 2.45) is 4.99 Å². The average Bonchev–Trinajstić information content (AvgIpc) is 3.08. The molecule has 0 bridgehead atoms. The molecule has 0 amide bonds. The van der Waals surface area contributed by atoms with Crippen LogP contribution in [0.2, 0.25) is 0 Å². The number of pyridine rings is 1. The summed E-state index contributed by atoms with van der Waals surface area (Å²) in [7, 11) is 0. The fourth-order valence-electron chi connectivity index (χ4n) is 3.38. The van der Waals surface area contributed by atoms with Gasteiger partial charge < -0.3 is 0 Å². The molecule has 0 radical (unpaired) electrons. The first-order valence-corrected chi connectivity index (χ1v) is 7.22. The first-order valence-electron chi connectivity index (χ1n) is 7.22. The summed E-state index contributed by atoms with van der Waals surface area (Å²) in [5.74, 6) is -0.182. The minimum Gasteiger partial charge on any atom is -0.296 e. The lowest BCUT2D eigenvalue weighted by Gasteiger charge is -2.23. The molecule has 1 spiro atoms. The van der Waals surface area contributed by atoms with E-state index in [1.807, 2.05) is 30.7 Å². The van der Waals surface area contributed by atoms with Crippen molar-refractivity contribution >= 4 is 6.21 Å². The lowest BCUT2D eigenvalue weighted by atomic mass is 9.90. The Kier molecular flexibility index (Phi) is 2.86. The highest BCUT2D eigenvalue weighted by Gasteiger charge is 2.42. The van der Waals surface area contributed by atoms with E-state index in [0.717, 1.165) is 37.2 Å². The first kappa shape index (κ1) is 12.7. The highest BCUT2D eigenvalue weighted by atomic mass is 19.1. The molecule has 0 N–H and O–H groups in total. The molecule has 1 saturated heterocycles. The molecule has 4 rings (SSSR count). The second-order valence-corrected chi connectivity index (χ2v) is 5.84. The highest BCUT2D eigenvalue weighted by Crippen LogP contribution is 2.40. The Morgan fingerprint density at radius 3 is 2.90 bits per heavy atom. The van der Waals surface area contributed by atoms with Gasteiger partial charge in [-0.05, 0) is 35.7 Å². The minimum absolute atomic E-state index is 0.0989. The maximum atomic E-state index is 13.0. The predicted octanol–water partition coefficient (Wildman–Crippen LogP) is 2.75. The molecule has 1 atom stereocenters. The molecule has 1 aromatic heterocycles. The molecule has 2 aliphatic heterocycles. The van der Waals surface area contributed by atoms with Crippen LogP contribution in [0.1, 0.15) is 23.1 Å². The molecular formula is C17H16FN3. The molecule has 4 heteroatoms. The van der Waals surface area contributed by atoms with Crippen molar-refractivity contribution < 1.29 is 4.39 Å². The Hall–Kier alpha value is -2.07. The van der Waals surface area contributed by atoms with E-state index in [1.54, 1.807) is 0 Å². The van der Waals surface area contributed by atoms with Gasteiger partial charge in [-0.15, -0.1) is 0 Å². The molecule has 0 saturated carbocycles. The third-order valence-corrected chi connectivity index (χ3v) is 4.45. The van der Waals surface area contributed by atoms with Gasteiger partial charge in [0.2, 0.25) is 0 Å². The van der Waals surface area contributed by atoms with Crippen LogP contribution in [-0.2, 0) is 12.1 Å². The van der Waals surface area contributed by atoms with E-state index in [-0.39, 0.29) is 11.4 Å². The molecule has 3 heterocycles. The number of benzene rings is 1. The Balaban J connectivity index is 1.53. The minimum atomic E-state index is -0.182. The summed E-state index contributed by atoms with van der Waals surface area (Å²) in [4.78, 5) is 11.3. The summed E-state index contributed by atoms with van der Waals surface area (Å²) in [5, 5.41) is 0. The molecule has 2 aliphatic rings. The molecule has 21 heavy (non-hydrogen) atoms. The summed E-state index contributed by atoms with van der Waals surface area (Å²) in [6.07, 6.45) is 6.71. The molecule has 1 aromatic carbocycles. The topological polar surface area (TPSA) is 28.5 Å². The van der Waals surface area contributed by atoms with Crippen LogP contribution >= 0.6 is 0 Å². The fraction of sp³-hybridized carbons (Fsp3) is 0.294. The summed E-state index contributed by atoms with van der Waals surface area (Å²) in [6, 6.07) is 8.85. The van der Waals surface area contributed by atoms with E-state index in [4.69, 9.17) is 4.99 Å². The number of nitrogens with zero attached hydrogens (tertiary/aromatic N) is 3. The van der Waals surface area contributed by atoms with Gasteiger partial charge in [-0.25, -0.2) is 4.39 Å². The van der Waals surface area contributed by atoms with Gasteiger partial charge >= 0.3 is 0 Å². The fourth-order valence-corrected chi connectivity index (χ4v) is 3.38. The second-order valence-electron chi connectivity index (χ2n) is 5.84. The molecular weight excluding hydrogens is 265 g/mol. The predicted molar refractivity (Wildman–Crippen MR) is 79.8 cm³/mol. The standard InChI is InChI=1S/C17H16FN3/c18-15-3-1-13(2-4-15)11-21-8-6-17(12-21)16-5-7-19-9-14(16)10-20-17/h1-5,7,9-10H,6,8,11-12H2. The van der Waals surface area contributed by atoms with Crippen molar-refractivity contribution in [2.75, 3.05) is 13.1 Å². The zero-order valence-corrected chi connectivity index (χ0v) is 11.7. The number of aliphatic imine (C=N–C) groups is 1. The van der Waals surface area contributed by atoms with Crippen molar-refractivity contribution in [2.45, 2.75) is 18.5 Å². The van der Waals surface area contributed by atoms with Crippen molar-refractivity contribution in [1.82, 2.24) is 9.88 Å². The summed E-state index contributed by atoms with van der Waals surface area (Å²) < 4.78 is 13.0. The van der Waals surface area contributed by atoms with Crippen LogP contribution in [0.4, 0.5) is 4.39 Å². The molecule has 1 unspecified atom stereocenters. The van der Waals surface area contributed by atoms with E-state index >= 15 is 0 Å². The molecule has 106 valence electrons. The van der Waals surface area contributed by atoms with Crippen molar-refractivity contribution in [3.05, 3.63) is 65.2 Å². The van der Waals surface area contributed by atoms with Gasteiger partial charge in [0.1, 0.15) is 11.4 Å². The summed E-state index contributed by atoms with van der Waals surface area (Å²) in [5.41, 5.74) is 3.48. The van der Waals surface area contributed by atoms with Gasteiger partial charge in [0, 0.05) is 43.8 Å². The third-order valence-electron chi connectivity index (χ3n) is 4.45.